The second-order valence-electron chi connectivity index (χ2n) is 7.13. The van der Waals surface area contributed by atoms with Crippen molar-refractivity contribution in [1.82, 2.24) is 24.7 Å². The standard InChI is InChI=1S/C19H19F3N8O/c1-11-16-17(29(2)10-15(31)27-16)28-18(26-11)24-6-12-7-25-30(8-12)9-14-13(19(20,21)22)4-3-5-23-14/h3-5,7-8H,6,9-10H2,1-2H3,(H,27,31)(H,24,26,28). The van der Waals surface area contributed by atoms with E-state index in [9.17, 15) is 18.0 Å². The lowest BCUT2D eigenvalue weighted by molar-refractivity contribution is -0.138. The Morgan fingerprint density at radius 2 is 2.10 bits per heavy atom. The zero-order valence-corrected chi connectivity index (χ0v) is 16.7. The first-order valence-electron chi connectivity index (χ1n) is 9.36. The normalized spacial score (nSPS) is 13.7. The third-order valence-electron chi connectivity index (χ3n) is 4.72. The lowest BCUT2D eigenvalue weighted by Gasteiger charge is -2.27. The van der Waals surface area contributed by atoms with Crippen molar-refractivity contribution in [3.05, 3.63) is 53.2 Å². The van der Waals surface area contributed by atoms with Crippen LogP contribution in [-0.4, -0.2) is 44.2 Å². The van der Waals surface area contributed by atoms with Crippen molar-refractivity contribution in [3.8, 4) is 0 Å². The smallest absolute Gasteiger partial charge is 0.350 e. The van der Waals surface area contributed by atoms with E-state index in [1.807, 2.05) is 0 Å². The molecule has 2 N–H and O–H groups in total. The van der Waals surface area contributed by atoms with Gasteiger partial charge < -0.3 is 15.5 Å². The maximum atomic E-state index is 13.1. The number of aryl methyl sites for hydroxylation is 1. The van der Waals surface area contributed by atoms with E-state index in [0.29, 0.717) is 29.7 Å². The van der Waals surface area contributed by atoms with Crippen LogP contribution in [0.1, 0.15) is 22.5 Å². The van der Waals surface area contributed by atoms with Gasteiger partial charge in [0, 0.05) is 31.5 Å². The number of halogens is 3. The van der Waals surface area contributed by atoms with Crippen LogP contribution >= 0.6 is 0 Å². The summed E-state index contributed by atoms with van der Waals surface area (Å²) in [7, 11) is 1.77. The Balaban J connectivity index is 1.46. The highest BCUT2D eigenvalue weighted by atomic mass is 19.4. The van der Waals surface area contributed by atoms with Crippen molar-refractivity contribution in [2.45, 2.75) is 26.2 Å². The predicted octanol–water partition coefficient (Wildman–Crippen LogP) is 2.44. The van der Waals surface area contributed by atoms with Gasteiger partial charge in [-0.3, -0.25) is 14.5 Å². The molecule has 0 radical (unpaired) electrons. The topological polar surface area (TPSA) is 101 Å². The number of alkyl halides is 3. The first-order chi connectivity index (χ1) is 14.7. The van der Waals surface area contributed by atoms with Crippen molar-refractivity contribution < 1.29 is 18.0 Å². The van der Waals surface area contributed by atoms with Crippen LogP contribution in [0.3, 0.4) is 0 Å². The Morgan fingerprint density at radius 1 is 1.29 bits per heavy atom. The Kier molecular flexibility index (Phi) is 5.21. The Morgan fingerprint density at radius 3 is 2.87 bits per heavy atom. The van der Waals surface area contributed by atoms with E-state index in [4.69, 9.17) is 0 Å². The molecule has 0 bridgehead atoms. The van der Waals surface area contributed by atoms with Gasteiger partial charge in [0.05, 0.1) is 36.2 Å². The Hall–Kier alpha value is -3.70. The fraction of sp³-hybridized carbons (Fsp3) is 0.316. The van der Waals surface area contributed by atoms with E-state index in [1.165, 1.54) is 16.9 Å². The van der Waals surface area contributed by atoms with Crippen LogP contribution in [0.25, 0.3) is 0 Å². The van der Waals surface area contributed by atoms with E-state index in [-0.39, 0.29) is 24.7 Å². The number of pyridine rings is 1. The van der Waals surface area contributed by atoms with Gasteiger partial charge in [-0.15, -0.1) is 0 Å². The van der Waals surface area contributed by atoms with Gasteiger partial charge >= 0.3 is 6.18 Å². The summed E-state index contributed by atoms with van der Waals surface area (Å²) in [5.41, 5.74) is 1.06. The van der Waals surface area contributed by atoms with Crippen LogP contribution in [0.2, 0.25) is 0 Å². The lowest BCUT2D eigenvalue weighted by Crippen LogP contribution is -2.36. The fourth-order valence-corrected chi connectivity index (χ4v) is 3.27. The van der Waals surface area contributed by atoms with Crippen LogP contribution < -0.4 is 15.5 Å². The van der Waals surface area contributed by atoms with Gasteiger partial charge in [0.1, 0.15) is 5.69 Å². The summed E-state index contributed by atoms with van der Waals surface area (Å²) in [6.45, 7) is 2.19. The highest BCUT2D eigenvalue weighted by Crippen LogP contribution is 2.31. The van der Waals surface area contributed by atoms with Gasteiger partial charge in [0.15, 0.2) is 5.82 Å². The van der Waals surface area contributed by atoms with E-state index in [0.717, 1.165) is 11.6 Å². The minimum atomic E-state index is -4.48. The zero-order valence-electron chi connectivity index (χ0n) is 16.7. The van der Waals surface area contributed by atoms with Crippen molar-refractivity contribution in [2.24, 2.45) is 0 Å². The number of hydrogen-bond donors (Lipinski definition) is 2. The number of aromatic nitrogens is 5. The molecule has 0 spiro atoms. The second-order valence-corrected chi connectivity index (χ2v) is 7.13. The van der Waals surface area contributed by atoms with E-state index >= 15 is 0 Å². The van der Waals surface area contributed by atoms with Crippen LogP contribution in [0.4, 0.5) is 30.6 Å². The maximum absolute atomic E-state index is 13.1. The molecule has 0 atom stereocenters. The third kappa shape index (κ3) is 4.42. The van der Waals surface area contributed by atoms with Gasteiger partial charge in [-0.2, -0.15) is 23.3 Å². The fourth-order valence-electron chi connectivity index (χ4n) is 3.27. The SMILES string of the molecule is Cc1nc(NCc2cnn(Cc3ncccc3C(F)(F)F)c2)nc2c1NC(=O)CN2C. The largest absolute Gasteiger partial charge is 0.418 e. The number of carbonyl (C=O) groups is 1. The number of amides is 1. The molecular weight excluding hydrogens is 413 g/mol. The summed E-state index contributed by atoms with van der Waals surface area (Å²) in [6, 6.07) is 2.26. The first kappa shape index (κ1) is 20.6. The molecule has 0 unspecified atom stereocenters. The molecule has 3 aromatic rings. The van der Waals surface area contributed by atoms with E-state index in [2.05, 4.69) is 30.7 Å². The molecule has 31 heavy (non-hydrogen) atoms. The molecule has 1 aliphatic rings. The van der Waals surface area contributed by atoms with Crippen LogP contribution in [0.5, 0.6) is 0 Å². The monoisotopic (exact) mass is 432 g/mol. The molecule has 0 saturated carbocycles. The van der Waals surface area contributed by atoms with Crippen LogP contribution in [0, 0.1) is 6.92 Å². The number of likely N-dealkylation sites (N-methyl/N-ethyl adjacent to an activating group) is 1. The Labute approximate surface area is 175 Å². The molecule has 0 fully saturated rings. The molecule has 0 aromatic carbocycles. The van der Waals surface area contributed by atoms with Gasteiger partial charge in [-0.25, -0.2) is 4.98 Å². The maximum Gasteiger partial charge on any atom is 0.418 e. The first-order valence-corrected chi connectivity index (χ1v) is 9.36. The van der Waals surface area contributed by atoms with E-state index < -0.39 is 11.7 Å². The van der Waals surface area contributed by atoms with Crippen molar-refractivity contribution in [1.29, 1.82) is 0 Å². The second kappa shape index (κ2) is 7.85. The predicted molar refractivity (Wildman–Crippen MR) is 107 cm³/mol. The van der Waals surface area contributed by atoms with Crippen LogP contribution in [-0.2, 0) is 24.1 Å². The average Bonchev–Trinajstić information content (AvgIpc) is 3.14. The summed E-state index contributed by atoms with van der Waals surface area (Å²) < 4.78 is 40.8. The minimum absolute atomic E-state index is 0.101. The summed E-state index contributed by atoms with van der Waals surface area (Å²) in [5.74, 6) is 0.854. The minimum Gasteiger partial charge on any atom is -0.350 e. The Bertz CT molecular complexity index is 1130. The van der Waals surface area contributed by atoms with Crippen molar-refractivity contribution >= 4 is 23.4 Å². The number of hydrogen-bond acceptors (Lipinski definition) is 7. The molecule has 0 aliphatic carbocycles. The third-order valence-corrected chi connectivity index (χ3v) is 4.72. The van der Waals surface area contributed by atoms with Crippen molar-refractivity contribution in [3.63, 3.8) is 0 Å². The molecule has 162 valence electrons. The molecule has 9 nitrogen and oxygen atoms in total. The number of fused-ring (bicyclic) bond motifs is 1. The van der Waals surface area contributed by atoms with Gasteiger partial charge in [0.2, 0.25) is 11.9 Å². The molecule has 1 aliphatic heterocycles. The molecule has 0 saturated heterocycles. The molecular formula is C19H19F3N8O. The highest BCUT2D eigenvalue weighted by Gasteiger charge is 2.33. The summed E-state index contributed by atoms with van der Waals surface area (Å²) >= 11 is 0. The summed E-state index contributed by atoms with van der Waals surface area (Å²) in [6.07, 6.45) is 0.0431. The number of nitrogens with zero attached hydrogens (tertiary/aromatic N) is 6. The van der Waals surface area contributed by atoms with Gasteiger partial charge in [-0.1, -0.05) is 0 Å². The summed E-state index contributed by atoms with van der Waals surface area (Å²) in [4.78, 5) is 26.1. The molecule has 4 rings (SSSR count). The molecule has 1 amide bonds. The van der Waals surface area contributed by atoms with Crippen molar-refractivity contribution in [2.75, 3.05) is 29.1 Å². The number of nitrogens with one attached hydrogen (secondary N) is 2. The van der Waals surface area contributed by atoms with Gasteiger partial charge in [-0.05, 0) is 19.1 Å². The molecule has 4 heterocycles. The molecule has 3 aromatic heterocycles. The number of carbonyl (C=O) groups excluding carboxylic acids is 1. The number of anilines is 3. The highest BCUT2D eigenvalue weighted by molar-refractivity contribution is 6.00. The summed E-state index contributed by atoms with van der Waals surface area (Å²) in [5, 5.41) is 9.98. The molecule has 12 heteroatoms. The lowest BCUT2D eigenvalue weighted by atomic mass is 10.2. The average molecular weight is 432 g/mol. The van der Waals surface area contributed by atoms with E-state index in [1.54, 1.807) is 31.3 Å². The quantitative estimate of drug-likeness (QED) is 0.639. The number of rotatable bonds is 5. The van der Waals surface area contributed by atoms with Gasteiger partial charge in [0.25, 0.3) is 0 Å². The van der Waals surface area contributed by atoms with Crippen LogP contribution in [0.15, 0.2) is 30.7 Å². The zero-order chi connectivity index (χ0) is 22.2.